The lowest BCUT2D eigenvalue weighted by Gasteiger charge is -2.17. The lowest BCUT2D eigenvalue weighted by Crippen LogP contribution is -2.19. The van der Waals surface area contributed by atoms with Gasteiger partial charge in [0.2, 0.25) is 11.7 Å². The molecule has 25 heavy (non-hydrogen) atoms. The molecule has 0 saturated carbocycles. The number of pyridine rings is 2. The van der Waals surface area contributed by atoms with Crippen LogP contribution in [0, 0.1) is 11.8 Å². The van der Waals surface area contributed by atoms with E-state index in [4.69, 9.17) is 4.52 Å². The Bertz CT molecular complexity index is 875. The number of aromatic nitrogens is 4. The maximum absolute atomic E-state index is 5.39. The maximum atomic E-state index is 5.39. The first-order valence-electron chi connectivity index (χ1n) is 8.07. The van der Waals surface area contributed by atoms with Gasteiger partial charge in [0.25, 0.3) is 0 Å². The summed E-state index contributed by atoms with van der Waals surface area (Å²) in [7, 11) is 3.98. The third kappa shape index (κ3) is 4.08. The molecule has 0 fully saturated rings. The highest BCUT2D eigenvalue weighted by atomic mass is 16.5. The summed E-state index contributed by atoms with van der Waals surface area (Å²) < 4.78 is 5.39. The highest BCUT2D eigenvalue weighted by molar-refractivity contribution is 5.50. The fourth-order valence-corrected chi connectivity index (χ4v) is 2.41. The van der Waals surface area contributed by atoms with Crippen molar-refractivity contribution >= 4 is 0 Å². The van der Waals surface area contributed by atoms with E-state index < -0.39 is 0 Å². The summed E-state index contributed by atoms with van der Waals surface area (Å²) in [5.41, 5.74) is 2.19. The van der Waals surface area contributed by atoms with Crippen molar-refractivity contribution in [1.82, 2.24) is 25.0 Å². The van der Waals surface area contributed by atoms with Gasteiger partial charge in [-0.3, -0.25) is 9.88 Å². The van der Waals surface area contributed by atoms with Gasteiger partial charge in [-0.05, 0) is 50.7 Å². The van der Waals surface area contributed by atoms with E-state index in [1.165, 1.54) is 0 Å². The quantitative estimate of drug-likeness (QED) is 0.684. The molecule has 1 unspecified atom stereocenters. The van der Waals surface area contributed by atoms with Gasteiger partial charge in [0.1, 0.15) is 11.4 Å². The summed E-state index contributed by atoms with van der Waals surface area (Å²) >= 11 is 0. The van der Waals surface area contributed by atoms with Crippen LogP contribution in [0.5, 0.6) is 0 Å². The molecule has 6 heteroatoms. The van der Waals surface area contributed by atoms with Crippen LogP contribution in [0.25, 0.3) is 11.5 Å². The van der Waals surface area contributed by atoms with Gasteiger partial charge in [-0.1, -0.05) is 24.1 Å². The van der Waals surface area contributed by atoms with E-state index in [1.807, 2.05) is 44.4 Å². The zero-order chi connectivity index (χ0) is 17.6. The molecule has 6 nitrogen and oxygen atoms in total. The minimum atomic E-state index is 0.102. The van der Waals surface area contributed by atoms with Crippen molar-refractivity contribution in [1.29, 1.82) is 0 Å². The molecule has 3 aromatic rings. The van der Waals surface area contributed by atoms with Crippen molar-refractivity contribution < 1.29 is 4.52 Å². The van der Waals surface area contributed by atoms with Crippen LogP contribution in [0.2, 0.25) is 0 Å². The predicted octanol–water partition coefficient (Wildman–Crippen LogP) is 2.94. The van der Waals surface area contributed by atoms with Crippen molar-refractivity contribution in [2.45, 2.75) is 19.4 Å². The molecule has 126 valence electrons. The first-order valence-corrected chi connectivity index (χ1v) is 8.07. The number of hydrogen-bond acceptors (Lipinski definition) is 6. The van der Waals surface area contributed by atoms with Crippen LogP contribution in [0.15, 0.2) is 47.2 Å². The molecule has 0 aliphatic carbocycles. The number of rotatable bonds is 4. The first kappa shape index (κ1) is 16.8. The Labute approximate surface area is 146 Å². The molecule has 0 aliphatic rings. The lowest BCUT2D eigenvalue weighted by molar-refractivity contribution is 0.224. The van der Waals surface area contributed by atoms with Crippen LogP contribution in [0.3, 0.4) is 0 Å². The Morgan fingerprint density at radius 2 is 2.00 bits per heavy atom. The Hall–Kier alpha value is -3.04. The minimum absolute atomic E-state index is 0.102. The van der Waals surface area contributed by atoms with Crippen molar-refractivity contribution in [3.63, 3.8) is 0 Å². The zero-order valence-corrected chi connectivity index (χ0v) is 14.5. The van der Waals surface area contributed by atoms with E-state index >= 15 is 0 Å². The minimum Gasteiger partial charge on any atom is -0.337 e. The second-order valence-electron chi connectivity index (χ2n) is 5.74. The average molecular weight is 333 g/mol. The smallest absolute Gasteiger partial charge is 0.244 e. The highest BCUT2D eigenvalue weighted by Gasteiger charge is 2.20. The summed E-state index contributed by atoms with van der Waals surface area (Å²) in [5.74, 6) is 7.13. The zero-order valence-electron chi connectivity index (χ0n) is 14.5. The summed E-state index contributed by atoms with van der Waals surface area (Å²) in [6.07, 6.45) is 4.31. The Morgan fingerprint density at radius 1 is 1.12 bits per heavy atom. The van der Waals surface area contributed by atoms with E-state index in [9.17, 15) is 0 Å². The van der Waals surface area contributed by atoms with Crippen LogP contribution in [0.4, 0.5) is 0 Å². The highest BCUT2D eigenvalue weighted by Crippen LogP contribution is 2.22. The van der Waals surface area contributed by atoms with Crippen LogP contribution in [-0.4, -0.2) is 39.1 Å². The predicted molar refractivity (Wildman–Crippen MR) is 94.5 cm³/mol. The van der Waals surface area contributed by atoms with Crippen LogP contribution in [0.1, 0.15) is 36.5 Å². The van der Waals surface area contributed by atoms with E-state index in [1.54, 1.807) is 12.4 Å². The summed E-state index contributed by atoms with van der Waals surface area (Å²) in [5, 5.41) is 4.04. The summed E-state index contributed by atoms with van der Waals surface area (Å²) in [6, 6.07) is 9.46. The molecule has 3 heterocycles. The van der Waals surface area contributed by atoms with Gasteiger partial charge < -0.3 is 4.52 Å². The molecule has 0 saturated heterocycles. The Balaban J connectivity index is 1.77. The number of hydrogen-bond donors (Lipinski definition) is 0. The monoisotopic (exact) mass is 333 g/mol. The van der Waals surface area contributed by atoms with Crippen molar-refractivity contribution in [3.05, 3.63) is 59.9 Å². The normalized spacial score (nSPS) is 11.8. The van der Waals surface area contributed by atoms with Gasteiger partial charge in [0.05, 0.1) is 6.04 Å². The maximum Gasteiger partial charge on any atom is 0.244 e. The second kappa shape index (κ2) is 7.69. The van der Waals surface area contributed by atoms with E-state index in [0.717, 1.165) is 17.7 Å². The largest absolute Gasteiger partial charge is 0.337 e. The Kier molecular flexibility index (Phi) is 5.17. The average Bonchev–Trinajstić information content (AvgIpc) is 3.11. The Morgan fingerprint density at radius 3 is 2.64 bits per heavy atom. The van der Waals surface area contributed by atoms with Gasteiger partial charge in [-0.15, -0.1) is 0 Å². The third-order valence-electron chi connectivity index (χ3n) is 3.73. The fourth-order valence-electron chi connectivity index (χ4n) is 2.41. The molecule has 3 aromatic heterocycles. The molecule has 0 amide bonds. The van der Waals surface area contributed by atoms with Crippen molar-refractivity contribution in [2.24, 2.45) is 0 Å². The molecule has 3 rings (SSSR count). The lowest BCUT2D eigenvalue weighted by atomic mass is 10.2. The molecule has 0 radical (unpaired) electrons. The molecule has 0 aromatic carbocycles. The standard InChI is InChI=1S/C19H19N5O/c1-4-17(24(2)3)19-22-18(23-25-19)16-11-9-14(13-21-16)8-10-15-7-5-6-12-20-15/h5-7,9,11-13,17H,4H2,1-3H3. The van der Waals surface area contributed by atoms with Gasteiger partial charge >= 0.3 is 0 Å². The van der Waals surface area contributed by atoms with Crippen LogP contribution < -0.4 is 0 Å². The molecule has 0 bridgehead atoms. The summed E-state index contributed by atoms with van der Waals surface area (Å²) in [4.78, 5) is 15.1. The topological polar surface area (TPSA) is 67.9 Å². The van der Waals surface area contributed by atoms with E-state index in [-0.39, 0.29) is 6.04 Å². The van der Waals surface area contributed by atoms with Crippen molar-refractivity contribution in [2.75, 3.05) is 14.1 Å². The van der Waals surface area contributed by atoms with Crippen molar-refractivity contribution in [3.8, 4) is 23.4 Å². The van der Waals surface area contributed by atoms with Gasteiger partial charge in [0.15, 0.2) is 0 Å². The molecular formula is C19H19N5O. The molecule has 1 atom stereocenters. The second-order valence-corrected chi connectivity index (χ2v) is 5.74. The van der Waals surface area contributed by atoms with E-state index in [0.29, 0.717) is 17.4 Å². The first-order chi connectivity index (χ1) is 12.2. The SMILES string of the molecule is CCC(c1nc(-c2ccc(C#Cc3ccccn3)cn2)no1)N(C)C. The molecule has 0 aliphatic heterocycles. The third-order valence-corrected chi connectivity index (χ3v) is 3.73. The van der Waals surface area contributed by atoms with E-state index in [2.05, 4.69) is 43.8 Å². The van der Waals surface area contributed by atoms with Crippen LogP contribution >= 0.6 is 0 Å². The van der Waals surface area contributed by atoms with Gasteiger partial charge in [0, 0.05) is 18.0 Å². The van der Waals surface area contributed by atoms with Crippen LogP contribution in [-0.2, 0) is 0 Å². The fraction of sp³-hybridized carbons (Fsp3) is 0.263. The number of nitrogens with zero attached hydrogens (tertiary/aromatic N) is 5. The molecule has 0 N–H and O–H groups in total. The molecular weight excluding hydrogens is 314 g/mol. The summed E-state index contributed by atoms with van der Waals surface area (Å²) in [6.45, 7) is 2.09. The molecule has 0 spiro atoms. The van der Waals surface area contributed by atoms with Gasteiger partial charge in [-0.25, -0.2) is 4.98 Å². The van der Waals surface area contributed by atoms with Gasteiger partial charge in [-0.2, -0.15) is 4.98 Å².